The Bertz CT molecular complexity index is 388. The van der Waals surface area contributed by atoms with Gasteiger partial charge in [0, 0.05) is 0 Å². The van der Waals surface area contributed by atoms with Crippen LogP contribution in [0.25, 0.3) is 0 Å². The molecule has 29 heavy (non-hydrogen) atoms. The highest BCUT2D eigenvalue weighted by molar-refractivity contribution is 5.72. The molecule has 6 nitrogen and oxygen atoms in total. The number of hydrogen-bond donors (Lipinski definition) is 2. The smallest absolute Gasteiger partial charge is 0.308 e. The molecule has 0 saturated heterocycles. The fourth-order valence-corrected chi connectivity index (χ4v) is 3.13. The minimum absolute atomic E-state index is 0.144. The van der Waals surface area contributed by atoms with Crippen molar-refractivity contribution >= 4 is 11.9 Å². The Morgan fingerprint density at radius 1 is 0.621 bits per heavy atom. The Morgan fingerprint density at radius 3 is 1.31 bits per heavy atom. The lowest BCUT2D eigenvalue weighted by molar-refractivity contribution is -0.149. The van der Waals surface area contributed by atoms with Gasteiger partial charge in [-0.3, -0.25) is 9.59 Å². The van der Waals surface area contributed by atoms with E-state index in [1.807, 2.05) is 27.7 Å². The third-order valence-corrected chi connectivity index (χ3v) is 5.57. The van der Waals surface area contributed by atoms with E-state index in [2.05, 4.69) is 0 Å². The van der Waals surface area contributed by atoms with Gasteiger partial charge in [0.25, 0.3) is 0 Å². The predicted octanol–water partition coefficient (Wildman–Crippen LogP) is 4.40. The number of carbonyl (C=O) groups excluding carboxylic acids is 2. The Hall–Kier alpha value is -1.14. The third-order valence-electron chi connectivity index (χ3n) is 5.57. The number of rotatable bonds is 18. The third kappa shape index (κ3) is 13.7. The van der Waals surface area contributed by atoms with Gasteiger partial charge in [-0.25, -0.2) is 0 Å². The van der Waals surface area contributed by atoms with Gasteiger partial charge in [0.1, 0.15) is 0 Å². The van der Waals surface area contributed by atoms with Crippen LogP contribution in [0.1, 0.15) is 98.3 Å². The van der Waals surface area contributed by atoms with Crippen LogP contribution >= 0.6 is 0 Å². The van der Waals surface area contributed by atoms with Crippen molar-refractivity contribution in [2.45, 2.75) is 111 Å². The SMILES string of the molecule is CCC(O)CCC(CC)C(=O)OCCCCCOC(=O)C(CC)CCC(O)CC. The van der Waals surface area contributed by atoms with Crippen LogP contribution in [-0.4, -0.2) is 47.6 Å². The second-order valence-corrected chi connectivity index (χ2v) is 7.88. The average molecular weight is 417 g/mol. The molecule has 0 aromatic rings. The van der Waals surface area contributed by atoms with E-state index in [0.29, 0.717) is 51.7 Å². The van der Waals surface area contributed by atoms with Crippen LogP contribution in [0.3, 0.4) is 0 Å². The van der Waals surface area contributed by atoms with Gasteiger partial charge >= 0.3 is 11.9 Å². The van der Waals surface area contributed by atoms with E-state index >= 15 is 0 Å². The quantitative estimate of drug-likeness (QED) is 0.254. The van der Waals surface area contributed by atoms with Crippen LogP contribution in [0, 0.1) is 11.8 Å². The van der Waals surface area contributed by atoms with Gasteiger partial charge in [0.15, 0.2) is 0 Å². The van der Waals surface area contributed by atoms with Gasteiger partial charge in [-0.1, -0.05) is 27.7 Å². The molecule has 0 aliphatic rings. The Labute approximate surface area is 177 Å². The van der Waals surface area contributed by atoms with Crippen LogP contribution in [0.4, 0.5) is 0 Å². The van der Waals surface area contributed by atoms with E-state index in [0.717, 1.165) is 32.1 Å². The lowest BCUT2D eigenvalue weighted by Gasteiger charge is -2.16. The molecule has 6 heteroatoms. The molecule has 0 saturated carbocycles. The summed E-state index contributed by atoms with van der Waals surface area (Å²) in [6.07, 6.45) is 7.07. The molecule has 2 N–H and O–H groups in total. The first-order valence-electron chi connectivity index (χ1n) is 11.6. The minimum Gasteiger partial charge on any atom is -0.465 e. The maximum atomic E-state index is 12.1. The summed E-state index contributed by atoms with van der Waals surface area (Å²) >= 11 is 0. The highest BCUT2D eigenvalue weighted by Crippen LogP contribution is 2.17. The maximum Gasteiger partial charge on any atom is 0.308 e. The Balaban J connectivity index is 3.86. The van der Waals surface area contributed by atoms with Crippen LogP contribution in [-0.2, 0) is 19.1 Å². The zero-order valence-corrected chi connectivity index (χ0v) is 19.0. The molecular weight excluding hydrogens is 372 g/mol. The summed E-state index contributed by atoms with van der Waals surface area (Å²) in [6, 6.07) is 0. The van der Waals surface area contributed by atoms with Gasteiger partial charge in [-0.05, 0) is 70.6 Å². The molecule has 0 aliphatic heterocycles. The molecule has 0 bridgehead atoms. The molecule has 0 rings (SSSR count). The largest absolute Gasteiger partial charge is 0.465 e. The fourth-order valence-electron chi connectivity index (χ4n) is 3.13. The van der Waals surface area contributed by atoms with E-state index in [1.165, 1.54) is 0 Å². The van der Waals surface area contributed by atoms with E-state index < -0.39 is 0 Å². The van der Waals surface area contributed by atoms with Gasteiger partial charge in [0.2, 0.25) is 0 Å². The molecule has 4 atom stereocenters. The summed E-state index contributed by atoms with van der Waals surface area (Å²) < 4.78 is 10.7. The van der Waals surface area contributed by atoms with Crippen LogP contribution in [0.2, 0.25) is 0 Å². The standard InChI is InChI=1S/C23H44O6/c1-5-18(12-14-20(24)7-3)22(26)28-16-10-9-11-17-29-23(27)19(6-2)13-15-21(25)8-4/h18-21,24-25H,5-17H2,1-4H3. The number of ether oxygens (including phenoxy) is 2. The zero-order valence-electron chi connectivity index (χ0n) is 19.0. The predicted molar refractivity (Wildman–Crippen MR) is 114 cm³/mol. The molecule has 0 aromatic heterocycles. The molecule has 0 heterocycles. The minimum atomic E-state index is -0.344. The molecule has 0 aliphatic carbocycles. The van der Waals surface area contributed by atoms with Gasteiger partial charge in [0.05, 0.1) is 37.3 Å². The Kier molecular flexibility index (Phi) is 17.0. The van der Waals surface area contributed by atoms with E-state index in [4.69, 9.17) is 9.47 Å². The second kappa shape index (κ2) is 17.7. The zero-order chi connectivity index (χ0) is 22.1. The van der Waals surface area contributed by atoms with Crippen molar-refractivity contribution in [3.8, 4) is 0 Å². The molecule has 0 fully saturated rings. The van der Waals surface area contributed by atoms with Crippen molar-refractivity contribution in [3.63, 3.8) is 0 Å². The number of unbranched alkanes of at least 4 members (excludes halogenated alkanes) is 2. The van der Waals surface area contributed by atoms with Crippen molar-refractivity contribution in [3.05, 3.63) is 0 Å². The van der Waals surface area contributed by atoms with E-state index in [1.54, 1.807) is 0 Å². The highest BCUT2D eigenvalue weighted by atomic mass is 16.5. The lowest BCUT2D eigenvalue weighted by atomic mass is 9.98. The first kappa shape index (κ1) is 27.9. The van der Waals surface area contributed by atoms with Crippen molar-refractivity contribution in [2.75, 3.05) is 13.2 Å². The van der Waals surface area contributed by atoms with Crippen molar-refractivity contribution in [1.82, 2.24) is 0 Å². The molecule has 0 spiro atoms. The number of esters is 2. The number of carbonyl (C=O) groups is 2. The summed E-state index contributed by atoms with van der Waals surface area (Å²) in [5, 5.41) is 19.3. The van der Waals surface area contributed by atoms with Gasteiger partial charge in [-0.2, -0.15) is 0 Å². The maximum absolute atomic E-state index is 12.1. The highest BCUT2D eigenvalue weighted by Gasteiger charge is 2.20. The van der Waals surface area contributed by atoms with Crippen molar-refractivity contribution in [2.24, 2.45) is 11.8 Å². The van der Waals surface area contributed by atoms with E-state index in [-0.39, 0.29) is 36.0 Å². The van der Waals surface area contributed by atoms with Crippen molar-refractivity contribution in [1.29, 1.82) is 0 Å². The Morgan fingerprint density at radius 2 is 1.00 bits per heavy atom. The monoisotopic (exact) mass is 416 g/mol. The first-order valence-corrected chi connectivity index (χ1v) is 11.6. The first-order chi connectivity index (χ1) is 13.9. The van der Waals surface area contributed by atoms with Crippen LogP contribution < -0.4 is 0 Å². The molecule has 0 amide bonds. The molecular formula is C23H44O6. The summed E-state index contributed by atoms with van der Waals surface area (Å²) in [4.78, 5) is 24.2. The van der Waals surface area contributed by atoms with Crippen LogP contribution in [0.15, 0.2) is 0 Å². The van der Waals surface area contributed by atoms with Crippen LogP contribution in [0.5, 0.6) is 0 Å². The fraction of sp³-hybridized carbons (Fsp3) is 0.913. The second-order valence-electron chi connectivity index (χ2n) is 7.88. The molecule has 172 valence electrons. The number of aliphatic hydroxyl groups excluding tert-OH is 2. The summed E-state index contributed by atoms with van der Waals surface area (Å²) in [5.41, 5.74) is 0. The summed E-state index contributed by atoms with van der Waals surface area (Å²) in [5.74, 6) is -0.645. The summed E-state index contributed by atoms with van der Waals surface area (Å²) in [6.45, 7) is 8.55. The molecule has 0 radical (unpaired) electrons. The summed E-state index contributed by atoms with van der Waals surface area (Å²) in [7, 11) is 0. The molecule has 0 aromatic carbocycles. The van der Waals surface area contributed by atoms with Crippen molar-refractivity contribution < 1.29 is 29.3 Å². The topological polar surface area (TPSA) is 93.1 Å². The normalized spacial score (nSPS) is 15.4. The van der Waals surface area contributed by atoms with Gasteiger partial charge in [-0.15, -0.1) is 0 Å². The molecule has 4 unspecified atom stereocenters. The lowest BCUT2D eigenvalue weighted by Crippen LogP contribution is -2.20. The number of aliphatic hydroxyl groups is 2. The average Bonchev–Trinajstić information content (AvgIpc) is 2.73. The number of hydrogen-bond acceptors (Lipinski definition) is 6. The van der Waals surface area contributed by atoms with E-state index in [9.17, 15) is 19.8 Å². The van der Waals surface area contributed by atoms with Gasteiger partial charge < -0.3 is 19.7 Å².